The van der Waals surface area contributed by atoms with Crippen LogP contribution in [0.25, 0.3) is 0 Å². The molecule has 1 saturated heterocycles. The molecule has 2 atom stereocenters. The van der Waals surface area contributed by atoms with E-state index >= 15 is 0 Å². The van der Waals surface area contributed by atoms with Gasteiger partial charge in [0.2, 0.25) is 0 Å². The molecule has 1 aromatic rings. The molecule has 20 heavy (non-hydrogen) atoms. The van der Waals surface area contributed by atoms with Crippen molar-refractivity contribution in [2.45, 2.75) is 65.1 Å². The highest BCUT2D eigenvalue weighted by molar-refractivity contribution is 5.11. The van der Waals surface area contributed by atoms with E-state index in [0.717, 1.165) is 19.5 Å². The van der Waals surface area contributed by atoms with Gasteiger partial charge in [-0.1, -0.05) is 20.3 Å². The van der Waals surface area contributed by atoms with E-state index < -0.39 is 0 Å². The van der Waals surface area contributed by atoms with Crippen molar-refractivity contribution >= 4 is 0 Å². The number of hydrogen-bond acceptors (Lipinski definition) is 3. The minimum Gasteiger partial charge on any atom is -0.331 e. The van der Waals surface area contributed by atoms with Gasteiger partial charge in [0, 0.05) is 24.8 Å². The molecule has 1 aliphatic rings. The van der Waals surface area contributed by atoms with Crippen molar-refractivity contribution in [1.82, 2.24) is 14.5 Å². The monoisotopic (exact) mass is 278 g/mol. The molecule has 0 bridgehead atoms. The highest BCUT2D eigenvalue weighted by Crippen LogP contribution is 2.31. The van der Waals surface area contributed by atoms with Gasteiger partial charge in [0.15, 0.2) is 0 Å². The maximum absolute atomic E-state index is 6.52. The fraction of sp³-hybridized carbons (Fsp3) is 0.812. The molecule has 1 aliphatic heterocycles. The third kappa shape index (κ3) is 3.41. The molecule has 1 fully saturated rings. The molecule has 2 rings (SSSR count). The molecule has 2 unspecified atom stereocenters. The van der Waals surface area contributed by atoms with E-state index in [0.29, 0.717) is 18.0 Å². The minimum absolute atomic E-state index is 0.213. The topological polar surface area (TPSA) is 47.1 Å². The lowest BCUT2D eigenvalue weighted by Crippen LogP contribution is -2.42. The highest BCUT2D eigenvalue weighted by atomic mass is 15.2. The Morgan fingerprint density at radius 2 is 2.05 bits per heavy atom. The molecular formula is C16H30N4. The zero-order chi connectivity index (χ0) is 14.7. The van der Waals surface area contributed by atoms with Crippen molar-refractivity contribution in [1.29, 1.82) is 0 Å². The number of nitrogens with zero attached hydrogens (tertiary/aromatic N) is 3. The summed E-state index contributed by atoms with van der Waals surface area (Å²) < 4.78 is 2.28. The lowest BCUT2D eigenvalue weighted by Gasteiger charge is -2.35. The Bertz CT molecular complexity index is 410. The van der Waals surface area contributed by atoms with Gasteiger partial charge in [-0.3, -0.25) is 4.90 Å². The SMILES string of the molecule is CC(C)CN1CCCCC(N)C1c1cncn1C(C)C. The second kappa shape index (κ2) is 6.72. The molecule has 0 radical (unpaired) electrons. The van der Waals surface area contributed by atoms with E-state index in [1.807, 2.05) is 12.5 Å². The van der Waals surface area contributed by atoms with Gasteiger partial charge < -0.3 is 10.3 Å². The Morgan fingerprint density at radius 1 is 1.30 bits per heavy atom. The average Bonchev–Trinajstić information content (AvgIpc) is 2.76. The van der Waals surface area contributed by atoms with E-state index in [4.69, 9.17) is 5.73 Å². The average molecular weight is 278 g/mol. The summed E-state index contributed by atoms with van der Waals surface area (Å²) >= 11 is 0. The number of nitrogens with two attached hydrogens (primary N) is 1. The van der Waals surface area contributed by atoms with Crippen LogP contribution in [0.1, 0.15) is 64.7 Å². The summed E-state index contributed by atoms with van der Waals surface area (Å²) in [7, 11) is 0. The zero-order valence-corrected chi connectivity index (χ0v) is 13.4. The number of imidazole rings is 1. The van der Waals surface area contributed by atoms with Gasteiger partial charge in [0.25, 0.3) is 0 Å². The Hall–Kier alpha value is -0.870. The van der Waals surface area contributed by atoms with E-state index in [1.54, 1.807) is 0 Å². The molecule has 1 aromatic heterocycles. The zero-order valence-electron chi connectivity index (χ0n) is 13.4. The standard InChI is InChI=1S/C16H30N4/c1-12(2)10-19-8-6-5-7-14(17)16(19)15-9-18-11-20(15)13(3)4/h9,11-14,16H,5-8,10,17H2,1-4H3. The summed E-state index contributed by atoms with van der Waals surface area (Å²) in [5.41, 5.74) is 7.81. The van der Waals surface area contributed by atoms with Gasteiger partial charge in [-0.15, -0.1) is 0 Å². The molecule has 4 heteroatoms. The Kier molecular flexibility index (Phi) is 5.22. The molecule has 0 spiro atoms. The van der Waals surface area contributed by atoms with Crippen LogP contribution in [0.5, 0.6) is 0 Å². The molecule has 0 aromatic carbocycles. The third-order valence-corrected chi connectivity index (χ3v) is 4.19. The van der Waals surface area contributed by atoms with Crippen LogP contribution in [0.4, 0.5) is 0 Å². The fourth-order valence-corrected chi connectivity index (χ4v) is 3.32. The molecule has 2 heterocycles. The van der Waals surface area contributed by atoms with Crippen LogP contribution >= 0.6 is 0 Å². The summed E-state index contributed by atoms with van der Waals surface area (Å²) in [5.74, 6) is 0.665. The summed E-state index contributed by atoms with van der Waals surface area (Å²) in [6.45, 7) is 11.3. The first-order chi connectivity index (χ1) is 9.50. The molecule has 4 nitrogen and oxygen atoms in total. The number of hydrogen-bond donors (Lipinski definition) is 1. The van der Waals surface area contributed by atoms with Crippen molar-refractivity contribution in [3.8, 4) is 0 Å². The third-order valence-electron chi connectivity index (χ3n) is 4.19. The van der Waals surface area contributed by atoms with Crippen molar-refractivity contribution in [2.75, 3.05) is 13.1 Å². The highest BCUT2D eigenvalue weighted by Gasteiger charge is 2.31. The van der Waals surface area contributed by atoms with Crippen LogP contribution in [0.3, 0.4) is 0 Å². The van der Waals surface area contributed by atoms with Crippen molar-refractivity contribution < 1.29 is 0 Å². The lowest BCUT2D eigenvalue weighted by molar-refractivity contribution is 0.158. The van der Waals surface area contributed by atoms with Crippen molar-refractivity contribution in [3.05, 3.63) is 18.2 Å². The van der Waals surface area contributed by atoms with E-state index in [1.165, 1.54) is 18.5 Å². The number of aromatic nitrogens is 2. The maximum atomic E-state index is 6.52. The molecular weight excluding hydrogens is 248 g/mol. The second-order valence-electron chi connectivity index (χ2n) is 6.81. The van der Waals surface area contributed by atoms with Crippen LogP contribution in [0.2, 0.25) is 0 Å². The lowest BCUT2D eigenvalue weighted by atomic mass is 10.00. The van der Waals surface area contributed by atoms with Gasteiger partial charge in [-0.2, -0.15) is 0 Å². The summed E-state index contributed by atoms with van der Waals surface area (Å²) in [6.07, 6.45) is 7.58. The largest absolute Gasteiger partial charge is 0.331 e. The molecule has 0 saturated carbocycles. The molecule has 114 valence electrons. The van der Waals surface area contributed by atoms with Gasteiger partial charge in [0.05, 0.1) is 18.1 Å². The van der Waals surface area contributed by atoms with Crippen LogP contribution in [0, 0.1) is 5.92 Å². The molecule has 0 aliphatic carbocycles. The molecule has 2 N–H and O–H groups in total. The predicted molar refractivity (Wildman–Crippen MR) is 83.6 cm³/mol. The summed E-state index contributed by atoms with van der Waals surface area (Å²) in [4.78, 5) is 6.96. The minimum atomic E-state index is 0.213. The Balaban J connectivity index is 2.32. The Morgan fingerprint density at radius 3 is 2.70 bits per heavy atom. The van der Waals surface area contributed by atoms with Crippen LogP contribution < -0.4 is 5.73 Å². The first kappa shape index (κ1) is 15.5. The van der Waals surface area contributed by atoms with Gasteiger partial charge in [-0.25, -0.2) is 4.98 Å². The first-order valence-electron chi connectivity index (χ1n) is 8.02. The van der Waals surface area contributed by atoms with Crippen LogP contribution in [0.15, 0.2) is 12.5 Å². The van der Waals surface area contributed by atoms with E-state index in [9.17, 15) is 0 Å². The van der Waals surface area contributed by atoms with Crippen molar-refractivity contribution in [2.24, 2.45) is 11.7 Å². The van der Waals surface area contributed by atoms with E-state index in [-0.39, 0.29) is 6.04 Å². The fourth-order valence-electron chi connectivity index (χ4n) is 3.32. The van der Waals surface area contributed by atoms with E-state index in [2.05, 4.69) is 42.1 Å². The quantitative estimate of drug-likeness (QED) is 0.921. The number of likely N-dealkylation sites (tertiary alicyclic amines) is 1. The van der Waals surface area contributed by atoms with Crippen LogP contribution in [-0.4, -0.2) is 33.6 Å². The Labute approximate surface area is 123 Å². The van der Waals surface area contributed by atoms with Gasteiger partial charge in [-0.05, 0) is 39.2 Å². The first-order valence-corrected chi connectivity index (χ1v) is 8.02. The second-order valence-corrected chi connectivity index (χ2v) is 6.81. The van der Waals surface area contributed by atoms with Gasteiger partial charge >= 0.3 is 0 Å². The summed E-state index contributed by atoms with van der Waals surface area (Å²) in [6, 6.07) is 0.958. The smallest absolute Gasteiger partial charge is 0.0951 e. The predicted octanol–water partition coefficient (Wildman–Crippen LogP) is 2.97. The normalized spacial score (nSPS) is 25.4. The van der Waals surface area contributed by atoms with Gasteiger partial charge in [0.1, 0.15) is 0 Å². The summed E-state index contributed by atoms with van der Waals surface area (Å²) in [5, 5.41) is 0. The maximum Gasteiger partial charge on any atom is 0.0951 e. The number of rotatable bonds is 4. The van der Waals surface area contributed by atoms with Crippen LogP contribution in [-0.2, 0) is 0 Å². The van der Waals surface area contributed by atoms with Crippen molar-refractivity contribution in [3.63, 3.8) is 0 Å². The molecule has 0 amide bonds.